The summed E-state index contributed by atoms with van der Waals surface area (Å²) < 4.78 is 0. The first-order valence-corrected chi connectivity index (χ1v) is 7.13. The second-order valence-electron chi connectivity index (χ2n) is 5.25. The molecule has 106 valence electrons. The minimum atomic E-state index is 0.784. The number of rotatable bonds is 2. The Kier molecular flexibility index (Phi) is 2.93. The molecule has 3 heterocycles. The number of imidazole rings is 1. The van der Waals surface area contributed by atoms with E-state index in [0.717, 1.165) is 33.7 Å². The molecule has 1 N–H and O–H groups in total. The summed E-state index contributed by atoms with van der Waals surface area (Å²) in [6, 6.07) is 14.0. The van der Waals surface area contributed by atoms with Crippen LogP contribution in [0.15, 0.2) is 61.1 Å². The second kappa shape index (κ2) is 5.07. The van der Waals surface area contributed by atoms with Crippen molar-refractivity contribution in [1.29, 1.82) is 0 Å². The van der Waals surface area contributed by atoms with Crippen LogP contribution < -0.4 is 0 Å². The number of benzene rings is 1. The van der Waals surface area contributed by atoms with Crippen LogP contribution in [0.1, 0.15) is 5.56 Å². The van der Waals surface area contributed by atoms with E-state index in [2.05, 4.69) is 40.1 Å². The Morgan fingerprint density at radius 3 is 2.73 bits per heavy atom. The van der Waals surface area contributed by atoms with Gasteiger partial charge in [-0.3, -0.25) is 9.97 Å². The quantitative estimate of drug-likeness (QED) is 0.606. The average Bonchev–Trinajstić information content (AvgIpc) is 2.99. The molecule has 0 spiro atoms. The minimum absolute atomic E-state index is 0.784. The molecule has 4 heteroatoms. The van der Waals surface area contributed by atoms with Crippen molar-refractivity contribution in [3.63, 3.8) is 0 Å². The molecule has 0 unspecified atom stereocenters. The molecule has 0 saturated heterocycles. The summed E-state index contributed by atoms with van der Waals surface area (Å²) in [4.78, 5) is 16.7. The number of hydrogen-bond acceptors (Lipinski definition) is 3. The largest absolute Gasteiger partial charge is 0.336 e. The van der Waals surface area contributed by atoms with Gasteiger partial charge in [-0.15, -0.1) is 0 Å². The van der Waals surface area contributed by atoms with E-state index in [1.165, 1.54) is 5.56 Å². The fourth-order valence-corrected chi connectivity index (χ4v) is 2.63. The Labute approximate surface area is 127 Å². The van der Waals surface area contributed by atoms with Crippen LogP contribution in [-0.4, -0.2) is 19.9 Å². The molecule has 4 rings (SSSR count). The number of fused-ring (bicyclic) bond motifs is 1. The molecule has 0 bridgehead atoms. The van der Waals surface area contributed by atoms with Crippen molar-refractivity contribution in [3.8, 4) is 22.6 Å². The van der Waals surface area contributed by atoms with Gasteiger partial charge in [-0.25, -0.2) is 4.98 Å². The number of nitrogens with zero attached hydrogens (tertiary/aromatic N) is 3. The zero-order chi connectivity index (χ0) is 14.9. The standard InChI is InChI=1S/C18H14N4/c1-12-9-14(13-5-4-7-19-11-13)17-16(10-12)21-18(22-17)15-6-2-3-8-20-15/h2-11H,1H3,(H,21,22). The van der Waals surface area contributed by atoms with Crippen LogP contribution in [-0.2, 0) is 0 Å². The Balaban J connectivity index is 1.97. The Hall–Kier alpha value is -3.01. The first kappa shape index (κ1) is 12.7. The molecule has 0 radical (unpaired) electrons. The predicted octanol–water partition coefficient (Wildman–Crippen LogP) is 4.00. The van der Waals surface area contributed by atoms with Gasteiger partial charge in [0.15, 0.2) is 5.82 Å². The molecule has 0 amide bonds. The fraction of sp³-hybridized carbons (Fsp3) is 0.0556. The van der Waals surface area contributed by atoms with Crippen molar-refractivity contribution in [2.24, 2.45) is 0 Å². The molecule has 0 aliphatic heterocycles. The number of hydrogen-bond donors (Lipinski definition) is 1. The zero-order valence-corrected chi connectivity index (χ0v) is 12.1. The predicted molar refractivity (Wildman–Crippen MR) is 87.3 cm³/mol. The van der Waals surface area contributed by atoms with Crippen LogP contribution in [0, 0.1) is 6.92 Å². The Morgan fingerprint density at radius 1 is 1.00 bits per heavy atom. The van der Waals surface area contributed by atoms with Crippen LogP contribution in [0.5, 0.6) is 0 Å². The van der Waals surface area contributed by atoms with E-state index in [1.54, 1.807) is 12.4 Å². The number of aromatic nitrogens is 4. The summed E-state index contributed by atoms with van der Waals surface area (Å²) in [6.07, 6.45) is 5.42. The third-order valence-corrected chi connectivity index (χ3v) is 3.62. The van der Waals surface area contributed by atoms with Crippen molar-refractivity contribution >= 4 is 11.0 Å². The Bertz CT molecular complexity index is 927. The topological polar surface area (TPSA) is 54.5 Å². The van der Waals surface area contributed by atoms with Gasteiger partial charge in [0.25, 0.3) is 0 Å². The zero-order valence-electron chi connectivity index (χ0n) is 12.1. The van der Waals surface area contributed by atoms with Crippen molar-refractivity contribution in [3.05, 3.63) is 66.6 Å². The molecule has 1 aromatic carbocycles. The first-order valence-electron chi connectivity index (χ1n) is 7.13. The van der Waals surface area contributed by atoms with Crippen LogP contribution in [0.3, 0.4) is 0 Å². The highest BCUT2D eigenvalue weighted by atomic mass is 14.9. The highest BCUT2D eigenvalue weighted by Crippen LogP contribution is 2.30. The van der Waals surface area contributed by atoms with Gasteiger partial charge in [0.1, 0.15) is 5.69 Å². The Morgan fingerprint density at radius 2 is 1.95 bits per heavy atom. The molecule has 0 atom stereocenters. The highest BCUT2D eigenvalue weighted by molar-refractivity contribution is 5.94. The second-order valence-corrected chi connectivity index (χ2v) is 5.25. The van der Waals surface area contributed by atoms with E-state index in [9.17, 15) is 0 Å². The van der Waals surface area contributed by atoms with Crippen LogP contribution >= 0.6 is 0 Å². The van der Waals surface area contributed by atoms with Gasteiger partial charge in [0.05, 0.1) is 11.0 Å². The van der Waals surface area contributed by atoms with Crippen LogP contribution in [0.4, 0.5) is 0 Å². The first-order chi connectivity index (χ1) is 10.8. The number of nitrogens with one attached hydrogen (secondary N) is 1. The van der Waals surface area contributed by atoms with E-state index in [-0.39, 0.29) is 0 Å². The number of aromatic amines is 1. The van der Waals surface area contributed by atoms with Gasteiger partial charge in [0, 0.05) is 29.7 Å². The molecule has 3 aromatic heterocycles. The van der Waals surface area contributed by atoms with Crippen LogP contribution in [0.25, 0.3) is 33.7 Å². The maximum atomic E-state index is 4.69. The molecule has 4 nitrogen and oxygen atoms in total. The van der Waals surface area contributed by atoms with E-state index in [4.69, 9.17) is 4.98 Å². The van der Waals surface area contributed by atoms with Gasteiger partial charge in [0.2, 0.25) is 0 Å². The third kappa shape index (κ3) is 2.15. The lowest BCUT2D eigenvalue weighted by molar-refractivity contribution is 1.24. The molecule has 0 aliphatic rings. The van der Waals surface area contributed by atoms with Gasteiger partial charge in [-0.05, 0) is 42.8 Å². The SMILES string of the molecule is Cc1cc(-c2cccnc2)c2[nH]c(-c3ccccn3)nc2c1. The molecule has 0 aliphatic carbocycles. The normalized spacial score (nSPS) is 11.0. The highest BCUT2D eigenvalue weighted by Gasteiger charge is 2.11. The van der Waals surface area contributed by atoms with Crippen molar-refractivity contribution in [1.82, 2.24) is 19.9 Å². The molecular weight excluding hydrogens is 272 g/mol. The molecule has 0 fully saturated rings. The third-order valence-electron chi connectivity index (χ3n) is 3.62. The van der Waals surface area contributed by atoms with Crippen molar-refractivity contribution in [2.45, 2.75) is 6.92 Å². The lowest BCUT2D eigenvalue weighted by Crippen LogP contribution is -1.84. The molecular formula is C18H14N4. The maximum Gasteiger partial charge on any atom is 0.157 e. The molecule has 4 aromatic rings. The van der Waals surface area contributed by atoms with Gasteiger partial charge < -0.3 is 4.98 Å². The molecule has 22 heavy (non-hydrogen) atoms. The summed E-state index contributed by atoms with van der Waals surface area (Å²) in [7, 11) is 0. The molecule has 0 saturated carbocycles. The number of H-pyrrole nitrogens is 1. The fourth-order valence-electron chi connectivity index (χ4n) is 2.63. The van der Waals surface area contributed by atoms with Crippen LogP contribution in [0.2, 0.25) is 0 Å². The summed E-state index contributed by atoms with van der Waals surface area (Å²) in [5, 5.41) is 0. The number of aryl methyl sites for hydroxylation is 1. The number of pyridine rings is 2. The lowest BCUT2D eigenvalue weighted by Gasteiger charge is -2.04. The van der Waals surface area contributed by atoms with Crippen molar-refractivity contribution < 1.29 is 0 Å². The smallest absolute Gasteiger partial charge is 0.157 e. The monoisotopic (exact) mass is 286 g/mol. The summed E-state index contributed by atoms with van der Waals surface area (Å²) >= 11 is 0. The van der Waals surface area contributed by atoms with E-state index >= 15 is 0 Å². The minimum Gasteiger partial charge on any atom is -0.336 e. The van der Waals surface area contributed by atoms with Crippen molar-refractivity contribution in [2.75, 3.05) is 0 Å². The van der Waals surface area contributed by atoms with E-state index < -0.39 is 0 Å². The summed E-state index contributed by atoms with van der Waals surface area (Å²) in [5.74, 6) is 0.784. The summed E-state index contributed by atoms with van der Waals surface area (Å²) in [5.41, 5.74) is 6.16. The lowest BCUT2D eigenvalue weighted by atomic mass is 10.0. The maximum absolute atomic E-state index is 4.69. The van der Waals surface area contributed by atoms with Gasteiger partial charge in [-0.1, -0.05) is 12.1 Å². The van der Waals surface area contributed by atoms with Gasteiger partial charge >= 0.3 is 0 Å². The van der Waals surface area contributed by atoms with E-state index in [0.29, 0.717) is 0 Å². The van der Waals surface area contributed by atoms with Gasteiger partial charge in [-0.2, -0.15) is 0 Å². The summed E-state index contributed by atoms with van der Waals surface area (Å²) in [6.45, 7) is 2.08. The van der Waals surface area contributed by atoms with E-state index in [1.807, 2.05) is 30.5 Å². The average molecular weight is 286 g/mol.